The number of hydrogen-bond donors (Lipinski definition) is 2. The fraction of sp³-hybridized carbons (Fsp3) is 0.909. The van der Waals surface area contributed by atoms with Gasteiger partial charge in [0.2, 0.25) is 0 Å². The molecule has 0 saturated carbocycles. The van der Waals surface area contributed by atoms with Crippen molar-refractivity contribution in [3.05, 3.63) is 0 Å². The predicted molar refractivity (Wildman–Crippen MR) is 58.5 cm³/mol. The van der Waals surface area contributed by atoms with Crippen molar-refractivity contribution in [3.63, 3.8) is 0 Å². The molecule has 0 radical (unpaired) electrons. The van der Waals surface area contributed by atoms with E-state index in [1.165, 1.54) is 0 Å². The topological polar surface area (TPSA) is 63.3 Å². The van der Waals surface area contributed by atoms with E-state index in [1.54, 1.807) is 0 Å². The lowest BCUT2D eigenvalue weighted by atomic mass is 9.84. The highest BCUT2D eigenvalue weighted by Gasteiger charge is 2.41. The van der Waals surface area contributed by atoms with Crippen LogP contribution in [0.3, 0.4) is 0 Å². The number of alkyl halides is 3. The first-order chi connectivity index (χ1) is 7.42. The van der Waals surface area contributed by atoms with E-state index in [4.69, 9.17) is 10.8 Å². The van der Waals surface area contributed by atoms with Gasteiger partial charge in [-0.2, -0.15) is 13.2 Å². The van der Waals surface area contributed by atoms with Crippen LogP contribution in [0.4, 0.5) is 13.2 Å². The first-order valence-corrected chi connectivity index (χ1v) is 5.46. The zero-order chi connectivity index (χ0) is 13.9. The molecular formula is C11H20F3NO2. The van der Waals surface area contributed by atoms with Crippen LogP contribution in [0.25, 0.3) is 0 Å². The Balaban J connectivity index is 4.49. The van der Waals surface area contributed by atoms with Gasteiger partial charge >= 0.3 is 12.1 Å². The van der Waals surface area contributed by atoms with Crippen LogP contribution in [-0.4, -0.2) is 23.3 Å². The van der Waals surface area contributed by atoms with Gasteiger partial charge in [0.25, 0.3) is 0 Å². The fourth-order valence-corrected chi connectivity index (χ4v) is 1.78. The van der Waals surface area contributed by atoms with Gasteiger partial charge in [0, 0.05) is 6.04 Å². The third kappa shape index (κ3) is 8.01. The second-order valence-corrected chi connectivity index (χ2v) is 5.60. The first kappa shape index (κ1) is 16.2. The zero-order valence-electron chi connectivity index (χ0n) is 10.3. The molecule has 6 heteroatoms. The average molecular weight is 255 g/mol. The summed E-state index contributed by atoms with van der Waals surface area (Å²) in [4.78, 5) is 10.4. The molecule has 0 aromatic rings. The molecule has 0 aliphatic rings. The van der Waals surface area contributed by atoms with Gasteiger partial charge in [-0.05, 0) is 18.3 Å². The molecule has 0 amide bonds. The van der Waals surface area contributed by atoms with Crippen molar-refractivity contribution >= 4 is 5.97 Å². The van der Waals surface area contributed by atoms with Crippen molar-refractivity contribution in [3.8, 4) is 0 Å². The molecule has 0 aromatic carbocycles. The number of rotatable bonds is 5. The van der Waals surface area contributed by atoms with E-state index in [0.717, 1.165) is 0 Å². The highest BCUT2D eigenvalue weighted by Crippen LogP contribution is 2.34. The van der Waals surface area contributed by atoms with Crippen molar-refractivity contribution in [2.75, 3.05) is 0 Å². The molecular weight excluding hydrogens is 235 g/mol. The average Bonchev–Trinajstić information content (AvgIpc) is 1.95. The van der Waals surface area contributed by atoms with E-state index in [9.17, 15) is 18.0 Å². The van der Waals surface area contributed by atoms with Crippen molar-refractivity contribution < 1.29 is 23.1 Å². The Morgan fingerprint density at radius 3 is 2.06 bits per heavy atom. The number of nitrogens with two attached hydrogens (primary N) is 1. The Bertz CT molecular complexity index is 258. The summed E-state index contributed by atoms with van der Waals surface area (Å²) < 4.78 is 37.7. The summed E-state index contributed by atoms with van der Waals surface area (Å²) in [6.07, 6.45) is -5.33. The summed E-state index contributed by atoms with van der Waals surface area (Å²) in [5.74, 6) is -3.31. The Hall–Kier alpha value is -0.780. The molecule has 2 atom stereocenters. The quantitative estimate of drug-likeness (QED) is 0.794. The summed E-state index contributed by atoms with van der Waals surface area (Å²) in [5.41, 5.74) is 5.47. The van der Waals surface area contributed by atoms with Gasteiger partial charge in [0.15, 0.2) is 0 Å². The lowest BCUT2D eigenvalue weighted by Crippen LogP contribution is -2.35. The third-order valence-corrected chi connectivity index (χ3v) is 2.35. The molecule has 102 valence electrons. The van der Waals surface area contributed by atoms with Crippen LogP contribution in [0.15, 0.2) is 0 Å². The monoisotopic (exact) mass is 255 g/mol. The lowest BCUT2D eigenvalue weighted by Gasteiger charge is -2.27. The fourth-order valence-electron chi connectivity index (χ4n) is 1.78. The van der Waals surface area contributed by atoms with Crippen LogP contribution in [-0.2, 0) is 4.79 Å². The summed E-state index contributed by atoms with van der Waals surface area (Å²) >= 11 is 0. The van der Waals surface area contributed by atoms with Crippen LogP contribution >= 0.6 is 0 Å². The molecule has 2 unspecified atom stereocenters. The van der Waals surface area contributed by atoms with Crippen LogP contribution in [0.1, 0.15) is 40.0 Å². The maximum absolute atomic E-state index is 12.6. The largest absolute Gasteiger partial charge is 0.481 e. The van der Waals surface area contributed by atoms with E-state index in [1.807, 2.05) is 20.8 Å². The van der Waals surface area contributed by atoms with Crippen LogP contribution in [0.5, 0.6) is 0 Å². The molecule has 0 bridgehead atoms. The number of aliphatic carboxylic acids is 1. The molecule has 0 aliphatic heterocycles. The second kappa shape index (κ2) is 5.71. The van der Waals surface area contributed by atoms with Gasteiger partial charge in [-0.3, -0.25) is 4.79 Å². The number of carboxylic acids is 1. The van der Waals surface area contributed by atoms with Gasteiger partial charge in [-0.15, -0.1) is 0 Å². The highest BCUT2D eigenvalue weighted by molar-refractivity contribution is 5.67. The number of halogens is 3. The molecule has 0 aromatic heterocycles. The van der Waals surface area contributed by atoms with Crippen molar-refractivity contribution in [1.29, 1.82) is 0 Å². The second-order valence-electron chi connectivity index (χ2n) is 5.60. The Kier molecular flexibility index (Phi) is 5.45. The van der Waals surface area contributed by atoms with E-state index >= 15 is 0 Å². The molecule has 0 fully saturated rings. The molecule has 0 aliphatic carbocycles. The number of carboxylic acid groups (broad SMARTS) is 1. The van der Waals surface area contributed by atoms with Crippen LogP contribution < -0.4 is 5.73 Å². The van der Waals surface area contributed by atoms with Crippen LogP contribution in [0, 0.1) is 11.3 Å². The Morgan fingerprint density at radius 2 is 1.76 bits per heavy atom. The van der Waals surface area contributed by atoms with E-state index in [-0.39, 0.29) is 11.8 Å². The van der Waals surface area contributed by atoms with Crippen molar-refractivity contribution in [2.24, 2.45) is 17.1 Å². The van der Waals surface area contributed by atoms with Crippen molar-refractivity contribution in [1.82, 2.24) is 0 Å². The molecule has 0 heterocycles. The normalized spacial score (nSPS) is 16.6. The molecule has 0 saturated heterocycles. The molecule has 3 N–H and O–H groups in total. The molecule has 0 spiro atoms. The zero-order valence-corrected chi connectivity index (χ0v) is 10.3. The standard InChI is InChI=1S/C11H20F3NO2/c1-10(2,3)6-8(15)4-7(5-9(16)17)11(12,13)14/h7-8H,4-6,15H2,1-3H3,(H,16,17). The summed E-state index contributed by atoms with van der Waals surface area (Å²) in [5, 5.41) is 8.45. The maximum atomic E-state index is 12.6. The SMILES string of the molecule is CC(C)(C)CC(N)CC(CC(=O)O)C(F)(F)F. The third-order valence-electron chi connectivity index (χ3n) is 2.35. The number of carbonyl (C=O) groups is 1. The predicted octanol–water partition coefficient (Wildman–Crippen LogP) is 2.79. The number of hydrogen-bond acceptors (Lipinski definition) is 2. The van der Waals surface area contributed by atoms with E-state index in [0.29, 0.717) is 6.42 Å². The minimum absolute atomic E-state index is 0.168. The van der Waals surface area contributed by atoms with Crippen molar-refractivity contribution in [2.45, 2.75) is 52.3 Å². The van der Waals surface area contributed by atoms with E-state index in [2.05, 4.69) is 0 Å². The first-order valence-electron chi connectivity index (χ1n) is 5.46. The molecule has 17 heavy (non-hydrogen) atoms. The smallest absolute Gasteiger partial charge is 0.392 e. The minimum Gasteiger partial charge on any atom is -0.481 e. The minimum atomic E-state index is -4.51. The van der Waals surface area contributed by atoms with Gasteiger partial charge in [0.1, 0.15) is 0 Å². The van der Waals surface area contributed by atoms with Gasteiger partial charge < -0.3 is 10.8 Å². The summed E-state index contributed by atoms with van der Waals surface area (Å²) in [7, 11) is 0. The van der Waals surface area contributed by atoms with Gasteiger partial charge in [0.05, 0.1) is 12.3 Å². The van der Waals surface area contributed by atoms with E-state index < -0.39 is 30.5 Å². The molecule has 3 nitrogen and oxygen atoms in total. The summed E-state index contributed by atoms with van der Waals surface area (Å²) in [6.45, 7) is 5.64. The lowest BCUT2D eigenvalue weighted by molar-refractivity contribution is -0.185. The van der Waals surface area contributed by atoms with Gasteiger partial charge in [-0.25, -0.2) is 0 Å². The van der Waals surface area contributed by atoms with Crippen LogP contribution in [0.2, 0.25) is 0 Å². The Morgan fingerprint density at radius 1 is 1.29 bits per heavy atom. The highest BCUT2D eigenvalue weighted by atomic mass is 19.4. The maximum Gasteiger partial charge on any atom is 0.392 e. The van der Waals surface area contributed by atoms with Gasteiger partial charge in [-0.1, -0.05) is 20.8 Å². The molecule has 0 rings (SSSR count). The Labute approximate surface area is 99.2 Å². The summed E-state index contributed by atoms with van der Waals surface area (Å²) in [6, 6.07) is -0.638.